The van der Waals surface area contributed by atoms with Crippen LogP contribution < -0.4 is 0 Å². The predicted molar refractivity (Wildman–Crippen MR) is 283 cm³/mol. The molecule has 29 amide bonds. The lowest BCUT2D eigenvalue weighted by Gasteiger charge is -2.43. The molecule has 96 heavy (non-hydrogen) atoms. The van der Waals surface area contributed by atoms with Gasteiger partial charge in [0.05, 0.1) is 13.3 Å². The monoisotopic (exact) mass is 1330 g/mol. The molecule has 496 valence electrons. The Bertz CT molecular complexity index is 4170. The number of hydrogen-bond acceptors (Lipinski definition) is 19. The van der Waals surface area contributed by atoms with Crippen LogP contribution in [0.5, 0.6) is 0 Å². The van der Waals surface area contributed by atoms with Crippen molar-refractivity contribution in [2.24, 2.45) is 0 Å². The summed E-state index contributed by atoms with van der Waals surface area (Å²) in [6, 6.07) is -10.7. The summed E-state index contributed by atoms with van der Waals surface area (Å²) in [6.45, 7) is -5.31. The lowest BCUT2D eigenvalue weighted by atomic mass is 10.2. The van der Waals surface area contributed by atoms with Crippen LogP contribution >= 0.6 is 0 Å². The summed E-state index contributed by atoms with van der Waals surface area (Å²) in [7, 11) is 0. The first-order valence-electron chi connectivity index (χ1n) is 31.5. The molecule has 0 aliphatic carbocycles. The SMILES string of the molecule is O=C1C(=O)N2CN3C(=O)N4CN5C(=O)N6CN7N8CN9C(=O)N(CN%10C(=O)N(CN%11C(=O)N(CN%12C(=O)N(CN%13C(=O)N(CN%14C(=O)N(CN%15C(=O)N(CN7C5C68)C4C3%15)C3C%14N4CN3C4=O)C3C%13N4CN3C4=O)C3C%12N4CN3C4=O)C3C%11N4CN3C4=O)C3C%10N4CN3C4=O)C2C19. The van der Waals surface area contributed by atoms with Gasteiger partial charge in [0.2, 0.25) is 5.78 Å². The van der Waals surface area contributed by atoms with Crippen molar-refractivity contribution in [1.29, 1.82) is 0 Å². The number of hydrazine groups is 2. The zero-order chi connectivity index (χ0) is 64.3. The normalized spacial score (nSPS) is 42.6. The molecule has 48 heteroatoms. The fraction of sp³-hybridized carbons (Fsp3) is 0.667. The van der Waals surface area contributed by atoms with Gasteiger partial charge in [0.1, 0.15) is 118 Å². The molecule has 0 aromatic rings. The van der Waals surface area contributed by atoms with Gasteiger partial charge in [-0.05, 0) is 0 Å². The third-order valence-corrected chi connectivity index (χ3v) is 25.1. The highest BCUT2D eigenvalue weighted by atomic mass is 16.3. The molecule has 31 saturated heterocycles. The minimum Gasteiger partial charge on any atom is -0.295 e. The van der Waals surface area contributed by atoms with Gasteiger partial charge in [0, 0.05) is 0 Å². The van der Waals surface area contributed by atoms with Crippen molar-refractivity contribution in [2.45, 2.75) is 98.5 Å². The molecule has 35 bridgehead atoms. The van der Waals surface area contributed by atoms with E-state index >= 15 is 47.9 Å². The zero-order valence-corrected chi connectivity index (χ0v) is 49.4. The second-order valence-corrected chi connectivity index (χ2v) is 28.4. The summed E-state index contributed by atoms with van der Waals surface area (Å²) in [6.07, 6.45) is -17.0. The van der Waals surface area contributed by atoms with Crippen LogP contribution in [0.15, 0.2) is 0 Å². The van der Waals surface area contributed by atoms with Crippen molar-refractivity contribution in [3.63, 3.8) is 0 Å². The van der Waals surface area contributed by atoms with Crippen molar-refractivity contribution in [3.8, 4) is 0 Å². The van der Waals surface area contributed by atoms with Crippen molar-refractivity contribution in [3.05, 3.63) is 0 Å². The van der Waals surface area contributed by atoms with Gasteiger partial charge in [-0.15, -0.1) is 5.12 Å². The van der Waals surface area contributed by atoms with E-state index in [1.54, 1.807) is 15.1 Å². The Balaban J connectivity index is 0.650. The number of carbonyl (C=O) groups excluding carboxylic acids is 16. The van der Waals surface area contributed by atoms with E-state index in [0.717, 1.165) is 14.7 Å². The van der Waals surface area contributed by atoms with E-state index in [1.165, 1.54) is 127 Å². The standard InChI is InChI=1S/C48H48N32O16/c81-18-17-19-50(34(18)82)1-52-30-31-74(36(52)84)13-75-32-33-77(48(75)96)16-80-78(33)14-49(17)35(83)51(19)2-53-20-21(56-3-54(20)38(56)86)55(37(53)85)4-57-22-23(60-5-58(22)40(60)88)59(39(57)87)6-61-24-25(63-7-62(24)42(63)90)64(41(61)89)8-66-26-27(67-9-65(26)43(67)91)68(44(66)92)10-70-28-29(71-11-69(28)45(71)93)72(46(70)94)12-73(30)47(95)76(31)15-79(32)80/h17,19-33H,1-16H2. The maximum absolute atomic E-state index is 15.8. The molecule has 48 nitrogen and oxygen atoms in total. The van der Waals surface area contributed by atoms with E-state index < -0.39 is 255 Å². The number of fused-ring (bicyclic) bond motifs is 10. The third kappa shape index (κ3) is 4.77. The summed E-state index contributed by atoms with van der Waals surface area (Å²) in [4.78, 5) is 278. The van der Waals surface area contributed by atoms with Crippen molar-refractivity contribution >= 4 is 96.1 Å². The van der Waals surface area contributed by atoms with Crippen LogP contribution in [-0.4, -0.2) is 459 Å². The molecule has 31 fully saturated rings. The maximum atomic E-state index is 15.8. The number of Topliss-reactive ketones (excluding diaryl/α,β-unsaturated/α-hetero) is 1. The molecule has 31 aliphatic heterocycles. The number of urea groups is 14. The lowest BCUT2D eigenvalue weighted by Crippen LogP contribution is -2.63. The Kier molecular flexibility index (Phi) is 7.77. The average Bonchev–Trinajstić information content (AvgIpc) is 1.52. The van der Waals surface area contributed by atoms with Crippen molar-refractivity contribution in [2.75, 3.05) is 107 Å². The van der Waals surface area contributed by atoms with E-state index in [4.69, 9.17) is 0 Å². The topological polar surface area (TPSA) is 377 Å². The number of carbonyl (C=O) groups is 16. The summed E-state index contributed by atoms with van der Waals surface area (Å²) in [5.41, 5.74) is 0. The van der Waals surface area contributed by atoms with E-state index in [0.29, 0.717) is 0 Å². The van der Waals surface area contributed by atoms with Crippen LogP contribution in [-0.2, 0) is 9.59 Å². The van der Waals surface area contributed by atoms with Gasteiger partial charge in [0.15, 0.2) is 74.0 Å². The number of amides is 29. The van der Waals surface area contributed by atoms with Gasteiger partial charge in [-0.1, -0.05) is 0 Å². The molecule has 0 spiro atoms. The second kappa shape index (κ2) is 14.8. The van der Waals surface area contributed by atoms with Crippen LogP contribution in [0, 0.1) is 0 Å². The smallest absolute Gasteiger partial charge is 0.295 e. The highest BCUT2D eigenvalue weighted by Crippen LogP contribution is 2.53. The first-order valence-corrected chi connectivity index (χ1v) is 31.5. The quantitative estimate of drug-likeness (QED) is 0.203. The van der Waals surface area contributed by atoms with E-state index in [9.17, 15) is 28.8 Å². The Morgan fingerprint density at radius 1 is 0.156 bits per heavy atom. The van der Waals surface area contributed by atoms with E-state index in [-0.39, 0.29) is 46.7 Å². The van der Waals surface area contributed by atoms with Gasteiger partial charge >= 0.3 is 84.4 Å². The van der Waals surface area contributed by atoms with Crippen LogP contribution in [0.2, 0.25) is 0 Å². The molecular weight excluding hydrogens is 1280 g/mol. The molecule has 19 unspecified atom stereocenters. The fourth-order valence-corrected chi connectivity index (χ4v) is 20.9. The molecule has 31 aliphatic rings. The Morgan fingerprint density at radius 2 is 0.312 bits per heavy atom. The van der Waals surface area contributed by atoms with Crippen LogP contribution in [0.25, 0.3) is 0 Å². The zero-order valence-electron chi connectivity index (χ0n) is 49.4. The number of rotatable bonds is 0. The second-order valence-electron chi connectivity index (χ2n) is 28.4. The van der Waals surface area contributed by atoms with Crippen LogP contribution in [0.4, 0.5) is 67.1 Å². The molecule has 0 radical (unpaired) electrons. The van der Waals surface area contributed by atoms with Crippen LogP contribution in [0.3, 0.4) is 0 Å². The van der Waals surface area contributed by atoms with Gasteiger partial charge in [-0.2, -0.15) is 10.0 Å². The summed E-state index contributed by atoms with van der Waals surface area (Å²) in [5.74, 6) is -2.20. The van der Waals surface area contributed by atoms with Gasteiger partial charge < -0.3 is 0 Å². The predicted octanol–water partition coefficient (Wildman–Crippen LogP) is -8.82. The highest BCUT2D eigenvalue weighted by Gasteiger charge is 2.78. The minimum atomic E-state index is -1.62. The molecule has 31 rings (SSSR count). The number of hydrogen-bond donors (Lipinski definition) is 0. The third-order valence-electron chi connectivity index (χ3n) is 25.1. The summed E-state index contributed by atoms with van der Waals surface area (Å²) in [5, 5.41) is 5.09. The Morgan fingerprint density at radius 3 is 0.542 bits per heavy atom. The number of nitrogens with zero attached hydrogens (tertiary/aromatic N) is 32. The van der Waals surface area contributed by atoms with Gasteiger partial charge in [-0.3, -0.25) is 152 Å². The average molecular weight is 1330 g/mol. The largest absolute Gasteiger partial charge is 0.326 e. The van der Waals surface area contributed by atoms with E-state index in [1.807, 2.05) is 0 Å². The maximum Gasteiger partial charge on any atom is 0.326 e. The van der Waals surface area contributed by atoms with Gasteiger partial charge in [-0.25, -0.2) is 67.1 Å². The first kappa shape index (κ1) is 50.3. The molecule has 0 N–H and O–H groups in total. The lowest BCUT2D eigenvalue weighted by molar-refractivity contribution is -0.169. The molecule has 0 saturated carbocycles. The minimum absolute atomic E-state index is 0.000884. The van der Waals surface area contributed by atoms with Gasteiger partial charge in [0.25, 0.3) is 5.91 Å². The first-order chi connectivity index (χ1) is 46.3. The van der Waals surface area contributed by atoms with Crippen LogP contribution in [0.1, 0.15) is 0 Å². The molecule has 0 aromatic carbocycles. The van der Waals surface area contributed by atoms with Crippen molar-refractivity contribution in [1.82, 2.24) is 157 Å². The molecular formula is C48H48N32O16. The fourth-order valence-electron chi connectivity index (χ4n) is 20.9. The molecule has 0 aromatic heterocycles. The van der Waals surface area contributed by atoms with E-state index in [2.05, 4.69) is 0 Å². The summed E-state index contributed by atoms with van der Waals surface area (Å²) < 4.78 is 0. The highest BCUT2D eigenvalue weighted by molar-refractivity contribution is 6.41. The Labute approximate surface area is 534 Å². The summed E-state index contributed by atoms with van der Waals surface area (Å²) >= 11 is 0. The van der Waals surface area contributed by atoms with Crippen molar-refractivity contribution < 1.29 is 76.7 Å². The number of ketones is 1. The molecule has 31 heterocycles. The molecule has 19 atom stereocenters. The Hall–Kier alpha value is -11.2.